The number of fused-ring (bicyclic) bond motifs is 1. The molecule has 36 heavy (non-hydrogen) atoms. The number of imide groups is 1. The average molecular weight is 480 g/mol. The lowest BCUT2D eigenvalue weighted by atomic mass is 9.82. The summed E-state index contributed by atoms with van der Waals surface area (Å²) in [6.45, 7) is 1.98. The number of anilines is 3. The van der Waals surface area contributed by atoms with Crippen molar-refractivity contribution in [3.8, 4) is 0 Å². The monoisotopic (exact) mass is 479 g/mol. The molecule has 180 valence electrons. The normalized spacial score (nSPS) is 18.9. The third kappa shape index (κ3) is 4.55. The van der Waals surface area contributed by atoms with E-state index < -0.39 is 0 Å². The van der Waals surface area contributed by atoms with Crippen LogP contribution in [0.2, 0.25) is 0 Å². The second-order valence-corrected chi connectivity index (χ2v) is 9.12. The first-order chi connectivity index (χ1) is 17.4. The lowest BCUT2D eigenvalue weighted by Gasteiger charge is -2.18. The first-order valence-corrected chi connectivity index (χ1v) is 11.8. The smallest absolute Gasteiger partial charge is 0.255 e. The number of carbonyl (C=O) groups excluding carboxylic acids is 4. The predicted molar refractivity (Wildman–Crippen MR) is 138 cm³/mol. The van der Waals surface area contributed by atoms with E-state index in [1.54, 1.807) is 60.7 Å². The first-order valence-electron chi connectivity index (χ1n) is 11.8. The van der Waals surface area contributed by atoms with Crippen molar-refractivity contribution < 1.29 is 19.2 Å². The van der Waals surface area contributed by atoms with Gasteiger partial charge in [0.1, 0.15) is 0 Å². The highest BCUT2D eigenvalue weighted by Crippen LogP contribution is 2.39. The summed E-state index contributed by atoms with van der Waals surface area (Å²) in [7, 11) is 0. The number of amides is 4. The summed E-state index contributed by atoms with van der Waals surface area (Å²) in [4.78, 5) is 52.4. The van der Waals surface area contributed by atoms with E-state index in [0.29, 0.717) is 41.0 Å². The van der Waals surface area contributed by atoms with Gasteiger partial charge in [0.15, 0.2) is 0 Å². The van der Waals surface area contributed by atoms with Crippen LogP contribution in [0.15, 0.2) is 90.5 Å². The fourth-order valence-electron chi connectivity index (χ4n) is 4.72. The molecule has 5 rings (SSSR count). The Bertz CT molecular complexity index is 1380. The van der Waals surface area contributed by atoms with Crippen LogP contribution in [0.4, 0.5) is 17.1 Å². The first kappa shape index (κ1) is 23.2. The number of allylic oxidation sites excluding steroid dienone is 2. The van der Waals surface area contributed by atoms with E-state index in [4.69, 9.17) is 0 Å². The Morgan fingerprint density at radius 1 is 0.750 bits per heavy atom. The standard InChI is InChI=1S/C29H25N3O4/c1-18-10-15-24-25(16-18)29(36)32(28(24)35)23-13-11-19(12-14-23)26(33)31-22-9-5-6-20(17-22)27(34)30-21-7-3-2-4-8-21/h2-14,17,24-25H,15-16H2,1H3,(H,30,34)(H,31,33)/t24-,25+/m0/s1. The maximum Gasteiger partial charge on any atom is 0.255 e. The highest BCUT2D eigenvalue weighted by Gasteiger charge is 2.48. The van der Waals surface area contributed by atoms with Crippen LogP contribution in [0.1, 0.15) is 40.5 Å². The molecule has 1 aliphatic carbocycles. The highest BCUT2D eigenvalue weighted by atomic mass is 16.2. The zero-order valence-electron chi connectivity index (χ0n) is 19.7. The number of para-hydroxylation sites is 1. The molecule has 0 saturated carbocycles. The molecule has 2 N–H and O–H groups in total. The van der Waals surface area contributed by atoms with Crippen LogP contribution in [-0.2, 0) is 9.59 Å². The van der Waals surface area contributed by atoms with Crippen molar-refractivity contribution in [2.24, 2.45) is 11.8 Å². The molecule has 1 fully saturated rings. The van der Waals surface area contributed by atoms with Crippen LogP contribution in [0.3, 0.4) is 0 Å². The summed E-state index contributed by atoms with van der Waals surface area (Å²) in [6, 6.07) is 22.2. The van der Waals surface area contributed by atoms with E-state index in [2.05, 4.69) is 10.6 Å². The number of nitrogens with zero attached hydrogens (tertiary/aromatic N) is 1. The molecule has 3 aromatic carbocycles. The topological polar surface area (TPSA) is 95.6 Å². The minimum absolute atomic E-state index is 0.180. The van der Waals surface area contributed by atoms with Crippen LogP contribution < -0.4 is 15.5 Å². The lowest BCUT2D eigenvalue weighted by molar-refractivity contribution is -0.122. The molecule has 7 nitrogen and oxygen atoms in total. The molecule has 0 aromatic heterocycles. The van der Waals surface area contributed by atoms with Crippen LogP contribution in [0, 0.1) is 11.8 Å². The number of hydrogen-bond acceptors (Lipinski definition) is 4. The molecule has 4 amide bonds. The molecule has 0 spiro atoms. The zero-order valence-corrected chi connectivity index (χ0v) is 19.7. The highest BCUT2D eigenvalue weighted by molar-refractivity contribution is 6.22. The SMILES string of the molecule is CC1=CC[C@@H]2C(=O)N(c3ccc(C(=O)Nc4cccc(C(=O)Nc5ccccc5)c4)cc3)C(=O)[C@@H]2C1. The van der Waals surface area contributed by atoms with Gasteiger partial charge in [-0.2, -0.15) is 0 Å². The lowest BCUT2D eigenvalue weighted by Crippen LogP contribution is -2.30. The third-order valence-electron chi connectivity index (χ3n) is 6.62. The van der Waals surface area contributed by atoms with Gasteiger partial charge in [-0.05, 0) is 74.4 Å². The van der Waals surface area contributed by atoms with E-state index in [1.807, 2.05) is 31.2 Å². The van der Waals surface area contributed by atoms with Gasteiger partial charge >= 0.3 is 0 Å². The van der Waals surface area contributed by atoms with Crippen LogP contribution in [0.25, 0.3) is 0 Å². The van der Waals surface area contributed by atoms with Gasteiger partial charge in [-0.25, -0.2) is 0 Å². The largest absolute Gasteiger partial charge is 0.322 e. The van der Waals surface area contributed by atoms with Crippen molar-refractivity contribution in [3.63, 3.8) is 0 Å². The van der Waals surface area contributed by atoms with Gasteiger partial charge in [0.25, 0.3) is 11.8 Å². The molecule has 0 unspecified atom stereocenters. The minimum atomic E-state index is -0.366. The summed E-state index contributed by atoms with van der Waals surface area (Å²) in [5.74, 6) is -1.63. The molecular weight excluding hydrogens is 454 g/mol. The zero-order chi connectivity index (χ0) is 25.2. The molecule has 0 radical (unpaired) electrons. The van der Waals surface area contributed by atoms with Crippen LogP contribution in [0.5, 0.6) is 0 Å². The van der Waals surface area contributed by atoms with E-state index >= 15 is 0 Å². The maximum absolute atomic E-state index is 12.9. The molecule has 3 aromatic rings. The van der Waals surface area contributed by atoms with Gasteiger partial charge in [0, 0.05) is 22.5 Å². The van der Waals surface area contributed by atoms with Crippen LogP contribution in [-0.4, -0.2) is 23.6 Å². The third-order valence-corrected chi connectivity index (χ3v) is 6.62. The van der Waals surface area contributed by atoms with Gasteiger partial charge in [-0.3, -0.25) is 24.1 Å². The van der Waals surface area contributed by atoms with E-state index in [-0.39, 0.29) is 35.5 Å². The Labute approximate surface area is 208 Å². The van der Waals surface area contributed by atoms with Gasteiger partial charge in [0.2, 0.25) is 11.8 Å². The summed E-state index contributed by atoms with van der Waals surface area (Å²) < 4.78 is 0. The van der Waals surface area contributed by atoms with Crippen molar-refractivity contribution in [2.75, 3.05) is 15.5 Å². The number of rotatable bonds is 5. The molecule has 1 aliphatic heterocycles. The average Bonchev–Trinajstić information content (AvgIpc) is 3.13. The van der Waals surface area contributed by atoms with Gasteiger partial charge in [-0.15, -0.1) is 0 Å². The Morgan fingerprint density at radius 3 is 2.14 bits per heavy atom. The Hall–Kier alpha value is -4.52. The quantitative estimate of drug-likeness (QED) is 0.396. The predicted octanol–water partition coefficient (Wildman–Crippen LogP) is 5.04. The Morgan fingerprint density at radius 2 is 1.39 bits per heavy atom. The molecule has 0 bridgehead atoms. The maximum atomic E-state index is 12.9. The Balaban J connectivity index is 1.26. The number of carbonyl (C=O) groups is 4. The van der Waals surface area contributed by atoms with Crippen molar-refractivity contribution in [1.29, 1.82) is 0 Å². The van der Waals surface area contributed by atoms with Crippen molar-refractivity contribution >= 4 is 40.7 Å². The van der Waals surface area contributed by atoms with Crippen molar-refractivity contribution in [1.82, 2.24) is 0 Å². The van der Waals surface area contributed by atoms with Gasteiger partial charge in [-0.1, -0.05) is 35.9 Å². The van der Waals surface area contributed by atoms with E-state index in [0.717, 1.165) is 5.57 Å². The Kier molecular flexibility index (Phi) is 6.21. The van der Waals surface area contributed by atoms with Crippen molar-refractivity contribution in [2.45, 2.75) is 19.8 Å². The second kappa shape index (κ2) is 9.62. The second-order valence-electron chi connectivity index (χ2n) is 9.12. The number of nitrogens with one attached hydrogen (secondary N) is 2. The fourth-order valence-corrected chi connectivity index (χ4v) is 4.72. The molecule has 2 aliphatic rings. The summed E-state index contributed by atoms with van der Waals surface area (Å²) in [6.07, 6.45) is 3.22. The molecule has 1 saturated heterocycles. The van der Waals surface area contributed by atoms with E-state index in [1.165, 1.54) is 4.90 Å². The minimum Gasteiger partial charge on any atom is -0.322 e. The summed E-state index contributed by atoms with van der Waals surface area (Å²) >= 11 is 0. The van der Waals surface area contributed by atoms with Crippen molar-refractivity contribution in [3.05, 3.63) is 102 Å². The number of benzene rings is 3. The molecule has 2 atom stereocenters. The molecular formula is C29H25N3O4. The molecule has 1 heterocycles. The van der Waals surface area contributed by atoms with Crippen LogP contribution >= 0.6 is 0 Å². The molecule has 7 heteroatoms. The van der Waals surface area contributed by atoms with E-state index in [9.17, 15) is 19.2 Å². The van der Waals surface area contributed by atoms with Gasteiger partial charge < -0.3 is 10.6 Å². The number of hydrogen-bond donors (Lipinski definition) is 2. The fraction of sp³-hybridized carbons (Fsp3) is 0.172. The summed E-state index contributed by atoms with van der Waals surface area (Å²) in [5, 5.41) is 5.61. The van der Waals surface area contributed by atoms with Gasteiger partial charge in [0.05, 0.1) is 17.5 Å². The summed E-state index contributed by atoms with van der Waals surface area (Å²) in [5.41, 5.74) is 3.52.